The predicted octanol–water partition coefficient (Wildman–Crippen LogP) is 14.6. The molecule has 0 bridgehead atoms. The van der Waals surface area contributed by atoms with Gasteiger partial charge in [-0.25, -0.2) is 0 Å². The SMILES string of the molecule is CCCCCCCCCCOC(=O)CCC(=O)Oc1c(O)c(OC(=O)CCC(=O)OCCCCCCCCCC)c(OC(=O)CCC(=O)OCCCCCCCCCC)c(O)c1OC(=O)CCC(=O)OCCCCCCCCCC. The molecule has 1 rings (SSSR count). The summed E-state index contributed by atoms with van der Waals surface area (Å²) in [5.74, 6) is -14.5. The van der Waals surface area contributed by atoms with E-state index in [0.29, 0.717) is 25.7 Å². The Labute approximate surface area is 478 Å². The first kappa shape index (κ1) is 72.6. The maximum atomic E-state index is 13.4. The van der Waals surface area contributed by atoms with E-state index < -0.39 is 134 Å². The average Bonchev–Trinajstić information content (AvgIpc) is 3.50. The summed E-state index contributed by atoms with van der Waals surface area (Å²) in [7, 11) is 0. The number of hydrogen-bond donors (Lipinski definition) is 2. The molecule has 0 aliphatic heterocycles. The molecule has 0 atom stereocenters. The van der Waals surface area contributed by atoms with Gasteiger partial charge in [0.2, 0.25) is 34.5 Å². The topological polar surface area (TPSA) is 251 Å². The van der Waals surface area contributed by atoms with E-state index in [9.17, 15) is 48.6 Å². The maximum Gasteiger partial charge on any atom is 0.312 e. The van der Waals surface area contributed by atoms with Gasteiger partial charge >= 0.3 is 47.8 Å². The summed E-state index contributed by atoms with van der Waals surface area (Å²) in [6, 6.07) is 0. The van der Waals surface area contributed by atoms with Crippen LogP contribution in [0.3, 0.4) is 0 Å². The van der Waals surface area contributed by atoms with Crippen molar-refractivity contribution in [3.8, 4) is 34.5 Å². The standard InChI is InChI=1S/C62H102O18/c1-5-9-13-17-21-25-29-33-45-73-49(63)37-41-53(67)77-59-57(71)61(79-55(69)43-39-51(65)75-47-35-31-27-23-19-15-11-7-3)62(80-56(70)44-40-52(66)76-48-36-32-28-24-20-16-12-8-4)58(72)60(59)78-54(68)42-38-50(64)74-46-34-30-26-22-18-14-10-6-2/h71-72H,5-48H2,1-4H3. The van der Waals surface area contributed by atoms with Crippen LogP contribution in [0.15, 0.2) is 0 Å². The zero-order valence-corrected chi connectivity index (χ0v) is 49.5. The van der Waals surface area contributed by atoms with Crippen molar-refractivity contribution in [2.45, 2.75) is 285 Å². The van der Waals surface area contributed by atoms with Gasteiger partial charge in [-0.15, -0.1) is 0 Å². The molecule has 0 unspecified atom stereocenters. The van der Waals surface area contributed by atoms with Crippen molar-refractivity contribution in [3.05, 3.63) is 0 Å². The minimum Gasteiger partial charge on any atom is -0.501 e. The highest BCUT2D eigenvalue weighted by atomic mass is 16.6. The van der Waals surface area contributed by atoms with Crippen LogP contribution < -0.4 is 18.9 Å². The Morgan fingerprint density at radius 3 is 0.562 bits per heavy atom. The highest BCUT2D eigenvalue weighted by Gasteiger charge is 2.35. The van der Waals surface area contributed by atoms with Gasteiger partial charge in [0.15, 0.2) is 0 Å². The third-order valence-corrected chi connectivity index (χ3v) is 13.3. The molecule has 18 heteroatoms. The van der Waals surface area contributed by atoms with Crippen molar-refractivity contribution in [1.29, 1.82) is 0 Å². The van der Waals surface area contributed by atoms with E-state index in [1.807, 2.05) is 0 Å². The monoisotopic (exact) mass is 1130 g/mol. The van der Waals surface area contributed by atoms with Crippen LogP contribution in [0.2, 0.25) is 0 Å². The molecule has 0 fully saturated rings. The number of aromatic hydroxyl groups is 2. The molecule has 0 saturated heterocycles. The van der Waals surface area contributed by atoms with Gasteiger partial charge in [-0.3, -0.25) is 38.4 Å². The molecule has 0 spiro atoms. The molecule has 0 aliphatic rings. The first-order valence-corrected chi connectivity index (χ1v) is 30.8. The fraction of sp³-hybridized carbons (Fsp3) is 0.774. The molecule has 1 aromatic carbocycles. The summed E-state index contributed by atoms with van der Waals surface area (Å²) in [6.45, 7) is 9.16. The number of rotatable bonds is 52. The van der Waals surface area contributed by atoms with E-state index in [4.69, 9.17) is 37.9 Å². The number of phenolic OH excluding ortho intramolecular Hbond substituents is 2. The van der Waals surface area contributed by atoms with Gasteiger partial charge in [-0.05, 0) is 25.7 Å². The molecule has 0 aromatic heterocycles. The van der Waals surface area contributed by atoms with Gasteiger partial charge in [0.25, 0.3) is 0 Å². The zero-order chi connectivity index (χ0) is 58.9. The lowest BCUT2D eigenvalue weighted by Crippen LogP contribution is -2.18. The summed E-state index contributed by atoms with van der Waals surface area (Å²) >= 11 is 0. The second kappa shape index (κ2) is 49.4. The molecule has 2 N–H and O–H groups in total. The number of hydrogen-bond acceptors (Lipinski definition) is 18. The summed E-state index contributed by atoms with van der Waals surface area (Å²) in [4.78, 5) is 104. The highest BCUT2D eigenvalue weighted by molar-refractivity contribution is 5.89. The average molecular weight is 1140 g/mol. The largest absolute Gasteiger partial charge is 0.501 e. The molecule has 0 heterocycles. The molecule has 458 valence electrons. The molecule has 0 aliphatic carbocycles. The van der Waals surface area contributed by atoms with Crippen LogP contribution in [0.4, 0.5) is 0 Å². The van der Waals surface area contributed by atoms with E-state index >= 15 is 0 Å². The third-order valence-electron chi connectivity index (χ3n) is 13.3. The van der Waals surface area contributed by atoms with E-state index in [-0.39, 0.29) is 26.4 Å². The van der Waals surface area contributed by atoms with Crippen LogP contribution in [0.25, 0.3) is 0 Å². The maximum absolute atomic E-state index is 13.4. The van der Waals surface area contributed by atoms with Crippen LogP contribution >= 0.6 is 0 Å². The predicted molar refractivity (Wildman–Crippen MR) is 304 cm³/mol. The summed E-state index contributed by atoms with van der Waals surface area (Å²) in [5.41, 5.74) is 0. The molecule has 1 aromatic rings. The number of phenols is 2. The normalized spacial score (nSPS) is 10.9. The lowest BCUT2D eigenvalue weighted by atomic mass is 10.1. The van der Waals surface area contributed by atoms with Crippen molar-refractivity contribution < 1.29 is 86.5 Å². The number of unbranched alkanes of at least 4 members (excludes halogenated alkanes) is 28. The summed E-state index contributed by atoms with van der Waals surface area (Å²) < 4.78 is 42.7. The minimum absolute atomic E-state index is 0.136. The Hall–Kier alpha value is -5.42. The van der Waals surface area contributed by atoms with Crippen LogP contribution in [-0.4, -0.2) is 84.4 Å². The van der Waals surface area contributed by atoms with Gasteiger partial charge in [0.1, 0.15) is 0 Å². The number of carbonyl (C=O) groups excluding carboxylic acids is 8. The Morgan fingerprint density at radius 2 is 0.388 bits per heavy atom. The van der Waals surface area contributed by atoms with E-state index in [1.54, 1.807) is 0 Å². The summed E-state index contributed by atoms with van der Waals surface area (Å²) in [5, 5.41) is 23.5. The smallest absolute Gasteiger partial charge is 0.312 e. The lowest BCUT2D eigenvalue weighted by Gasteiger charge is -2.19. The third kappa shape index (κ3) is 38.3. The van der Waals surface area contributed by atoms with Crippen LogP contribution in [0.1, 0.15) is 285 Å². The van der Waals surface area contributed by atoms with Gasteiger partial charge < -0.3 is 48.1 Å². The van der Waals surface area contributed by atoms with Crippen molar-refractivity contribution in [3.63, 3.8) is 0 Å². The zero-order valence-electron chi connectivity index (χ0n) is 49.5. The molecule has 0 saturated carbocycles. The molecular formula is C62H102O18. The first-order valence-electron chi connectivity index (χ1n) is 30.8. The van der Waals surface area contributed by atoms with Crippen molar-refractivity contribution >= 4 is 47.8 Å². The number of benzene rings is 1. The minimum atomic E-state index is -1.28. The molecule has 18 nitrogen and oxygen atoms in total. The lowest BCUT2D eigenvalue weighted by molar-refractivity contribution is -0.148. The molecular weight excluding hydrogens is 1030 g/mol. The van der Waals surface area contributed by atoms with Crippen molar-refractivity contribution in [1.82, 2.24) is 0 Å². The Balaban J connectivity index is 3.34. The fourth-order valence-electron chi connectivity index (χ4n) is 8.47. The number of carbonyl (C=O) groups is 8. The number of esters is 8. The Bertz CT molecular complexity index is 1630. The summed E-state index contributed by atoms with van der Waals surface area (Å²) in [6.07, 6.45) is 28.6. The number of ether oxygens (including phenoxy) is 8. The van der Waals surface area contributed by atoms with Gasteiger partial charge in [-0.2, -0.15) is 0 Å². The van der Waals surface area contributed by atoms with E-state index in [0.717, 1.165) is 128 Å². The van der Waals surface area contributed by atoms with E-state index in [2.05, 4.69) is 27.7 Å². The van der Waals surface area contributed by atoms with Crippen LogP contribution in [0, 0.1) is 0 Å². The van der Waals surface area contributed by atoms with Gasteiger partial charge in [-0.1, -0.05) is 207 Å². The van der Waals surface area contributed by atoms with Crippen LogP contribution in [0.5, 0.6) is 34.5 Å². The second-order valence-corrected chi connectivity index (χ2v) is 20.7. The highest BCUT2D eigenvalue weighted by Crippen LogP contribution is 2.57. The second-order valence-electron chi connectivity index (χ2n) is 20.7. The molecule has 0 radical (unpaired) electrons. The van der Waals surface area contributed by atoms with E-state index in [1.165, 1.54) is 51.4 Å². The van der Waals surface area contributed by atoms with Crippen molar-refractivity contribution in [2.24, 2.45) is 0 Å². The molecule has 80 heavy (non-hydrogen) atoms. The Kier molecular flexibility index (Phi) is 44.8. The van der Waals surface area contributed by atoms with Crippen molar-refractivity contribution in [2.75, 3.05) is 26.4 Å². The first-order chi connectivity index (χ1) is 38.8. The molecule has 0 amide bonds. The fourth-order valence-corrected chi connectivity index (χ4v) is 8.47. The van der Waals surface area contributed by atoms with Crippen LogP contribution in [-0.2, 0) is 57.3 Å². The van der Waals surface area contributed by atoms with Gasteiger partial charge in [0, 0.05) is 0 Å². The Morgan fingerprint density at radius 1 is 0.237 bits per heavy atom. The quantitative estimate of drug-likeness (QED) is 0.0202. The van der Waals surface area contributed by atoms with Gasteiger partial charge in [0.05, 0.1) is 77.8 Å².